The van der Waals surface area contributed by atoms with Crippen molar-refractivity contribution in [3.63, 3.8) is 0 Å². The summed E-state index contributed by atoms with van der Waals surface area (Å²) >= 11 is 0. The van der Waals surface area contributed by atoms with E-state index in [1.165, 1.54) is 0 Å². The third-order valence-corrected chi connectivity index (χ3v) is 3.95. The average Bonchev–Trinajstić information content (AvgIpc) is 2.89. The summed E-state index contributed by atoms with van der Waals surface area (Å²) in [6.07, 6.45) is 3.70. The third kappa shape index (κ3) is 2.75. The lowest BCUT2D eigenvalue weighted by atomic mass is 9.98. The van der Waals surface area contributed by atoms with Crippen molar-refractivity contribution in [2.75, 3.05) is 20.1 Å². The molecule has 2 fully saturated rings. The molecule has 1 saturated carbocycles. The van der Waals surface area contributed by atoms with E-state index in [0.29, 0.717) is 12.8 Å². The number of carboxylic acid groups (broad SMARTS) is 1. The van der Waals surface area contributed by atoms with Crippen molar-refractivity contribution < 1.29 is 14.7 Å². The number of nitrogens with one attached hydrogen (secondary N) is 2. The molecular weight excluding hydrogens is 234 g/mol. The molecule has 3 N–H and O–H groups in total. The van der Waals surface area contributed by atoms with Gasteiger partial charge in [0.05, 0.1) is 0 Å². The SMILES string of the molecule is CN1CCC(NC(=O)NC2(C(=O)O)CCCC2)C1. The van der Waals surface area contributed by atoms with E-state index in [-0.39, 0.29) is 12.1 Å². The second kappa shape index (κ2) is 5.14. The van der Waals surface area contributed by atoms with Crippen molar-refractivity contribution >= 4 is 12.0 Å². The Morgan fingerprint density at radius 2 is 2.00 bits per heavy atom. The molecule has 0 bridgehead atoms. The minimum Gasteiger partial charge on any atom is -0.480 e. The maximum atomic E-state index is 11.9. The van der Waals surface area contributed by atoms with Crippen LogP contribution in [0.2, 0.25) is 0 Å². The van der Waals surface area contributed by atoms with E-state index in [9.17, 15) is 14.7 Å². The lowest BCUT2D eigenvalue weighted by molar-refractivity contribution is -0.144. The van der Waals surface area contributed by atoms with Crippen molar-refractivity contribution in [2.24, 2.45) is 0 Å². The Balaban J connectivity index is 1.88. The topological polar surface area (TPSA) is 81.7 Å². The van der Waals surface area contributed by atoms with Gasteiger partial charge in [0, 0.05) is 12.6 Å². The molecule has 0 spiro atoms. The van der Waals surface area contributed by atoms with Crippen LogP contribution >= 0.6 is 0 Å². The van der Waals surface area contributed by atoms with Crippen molar-refractivity contribution in [1.82, 2.24) is 15.5 Å². The van der Waals surface area contributed by atoms with Crippen molar-refractivity contribution in [3.8, 4) is 0 Å². The molecular formula is C12H21N3O3. The lowest BCUT2D eigenvalue weighted by Gasteiger charge is -2.26. The Labute approximate surface area is 107 Å². The van der Waals surface area contributed by atoms with Gasteiger partial charge in [0.15, 0.2) is 0 Å². The molecule has 1 atom stereocenters. The Morgan fingerprint density at radius 3 is 2.50 bits per heavy atom. The first-order chi connectivity index (χ1) is 8.52. The minimum atomic E-state index is -1.05. The molecule has 1 unspecified atom stereocenters. The fourth-order valence-electron chi connectivity index (χ4n) is 2.86. The van der Waals surface area contributed by atoms with Gasteiger partial charge in [-0.2, -0.15) is 0 Å². The number of carbonyl (C=O) groups excluding carboxylic acids is 1. The molecule has 1 heterocycles. The standard InChI is InChI=1S/C12H21N3O3/c1-15-7-4-9(8-15)13-11(18)14-12(10(16)17)5-2-3-6-12/h9H,2-8H2,1H3,(H,16,17)(H2,13,14,18). The van der Waals surface area contributed by atoms with Gasteiger partial charge in [0.2, 0.25) is 0 Å². The van der Waals surface area contributed by atoms with E-state index in [4.69, 9.17) is 0 Å². The Hall–Kier alpha value is -1.30. The number of hydrogen-bond acceptors (Lipinski definition) is 3. The second-order valence-corrected chi connectivity index (χ2v) is 5.44. The summed E-state index contributed by atoms with van der Waals surface area (Å²) in [5.74, 6) is -0.918. The van der Waals surface area contributed by atoms with Crippen LogP contribution < -0.4 is 10.6 Å². The zero-order valence-electron chi connectivity index (χ0n) is 10.7. The second-order valence-electron chi connectivity index (χ2n) is 5.44. The van der Waals surface area contributed by atoms with Crippen LogP contribution in [0.1, 0.15) is 32.1 Å². The zero-order valence-corrected chi connectivity index (χ0v) is 10.7. The fourth-order valence-corrected chi connectivity index (χ4v) is 2.86. The highest BCUT2D eigenvalue weighted by atomic mass is 16.4. The van der Waals surface area contributed by atoms with Crippen LogP contribution in [0.25, 0.3) is 0 Å². The van der Waals surface area contributed by atoms with Crippen LogP contribution in [-0.4, -0.2) is 53.7 Å². The Bertz CT molecular complexity index is 339. The summed E-state index contributed by atoms with van der Waals surface area (Å²) in [7, 11) is 2.01. The van der Waals surface area contributed by atoms with E-state index < -0.39 is 11.5 Å². The van der Waals surface area contributed by atoms with Gasteiger partial charge in [-0.1, -0.05) is 12.8 Å². The van der Waals surface area contributed by atoms with Gasteiger partial charge in [0.1, 0.15) is 5.54 Å². The highest BCUT2D eigenvalue weighted by molar-refractivity contribution is 5.86. The Kier molecular flexibility index (Phi) is 3.75. The van der Waals surface area contributed by atoms with Crippen LogP contribution in [0.3, 0.4) is 0 Å². The number of aliphatic carboxylic acids is 1. The maximum Gasteiger partial charge on any atom is 0.329 e. The number of likely N-dealkylation sites (N-methyl/N-ethyl adjacent to an activating group) is 1. The molecule has 0 radical (unpaired) electrons. The summed E-state index contributed by atoms with van der Waals surface area (Å²) in [5, 5.41) is 14.8. The first-order valence-electron chi connectivity index (χ1n) is 6.52. The van der Waals surface area contributed by atoms with Gasteiger partial charge in [-0.15, -0.1) is 0 Å². The molecule has 102 valence electrons. The molecule has 2 aliphatic rings. The van der Waals surface area contributed by atoms with Crippen LogP contribution in [-0.2, 0) is 4.79 Å². The number of urea groups is 1. The Morgan fingerprint density at radius 1 is 1.33 bits per heavy atom. The van der Waals surface area contributed by atoms with Gasteiger partial charge >= 0.3 is 12.0 Å². The molecule has 1 aliphatic heterocycles. The van der Waals surface area contributed by atoms with Gasteiger partial charge < -0.3 is 20.6 Å². The average molecular weight is 255 g/mol. The number of carboxylic acids is 1. The maximum absolute atomic E-state index is 11.9. The molecule has 2 rings (SSSR count). The normalized spacial score (nSPS) is 27.1. The number of hydrogen-bond donors (Lipinski definition) is 3. The van der Waals surface area contributed by atoms with Crippen LogP contribution in [0.15, 0.2) is 0 Å². The van der Waals surface area contributed by atoms with Gasteiger partial charge in [-0.3, -0.25) is 0 Å². The van der Waals surface area contributed by atoms with Gasteiger partial charge in [-0.05, 0) is 32.9 Å². The molecule has 2 amide bonds. The van der Waals surface area contributed by atoms with Gasteiger partial charge in [0.25, 0.3) is 0 Å². The van der Waals surface area contributed by atoms with E-state index in [0.717, 1.165) is 32.4 Å². The van der Waals surface area contributed by atoms with Gasteiger partial charge in [-0.25, -0.2) is 9.59 Å². The summed E-state index contributed by atoms with van der Waals surface area (Å²) in [6, 6.07) is -0.221. The molecule has 1 saturated heterocycles. The molecule has 1 aliphatic carbocycles. The highest BCUT2D eigenvalue weighted by Crippen LogP contribution is 2.29. The minimum absolute atomic E-state index is 0.127. The molecule has 18 heavy (non-hydrogen) atoms. The zero-order chi connectivity index (χ0) is 13.2. The van der Waals surface area contributed by atoms with Crippen molar-refractivity contribution in [1.29, 1.82) is 0 Å². The summed E-state index contributed by atoms with van der Waals surface area (Å²) < 4.78 is 0. The van der Waals surface area contributed by atoms with E-state index in [2.05, 4.69) is 15.5 Å². The molecule has 0 aromatic rings. The lowest BCUT2D eigenvalue weighted by Crippen LogP contribution is -2.57. The molecule has 6 nitrogen and oxygen atoms in total. The quantitative estimate of drug-likeness (QED) is 0.681. The monoisotopic (exact) mass is 255 g/mol. The highest BCUT2D eigenvalue weighted by Gasteiger charge is 2.42. The predicted molar refractivity (Wildman–Crippen MR) is 66.4 cm³/mol. The smallest absolute Gasteiger partial charge is 0.329 e. The van der Waals surface area contributed by atoms with Crippen molar-refractivity contribution in [3.05, 3.63) is 0 Å². The van der Waals surface area contributed by atoms with Crippen molar-refractivity contribution in [2.45, 2.75) is 43.7 Å². The van der Waals surface area contributed by atoms with Crippen LogP contribution in [0, 0.1) is 0 Å². The van der Waals surface area contributed by atoms with E-state index in [1.807, 2.05) is 7.05 Å². The first kappa shape index (κ1) is 13.1. The number of carbonyl (C=O) groups is 2. The van der Waals surface area contributed by atoms with Crippen LogP contribution in [0.5, 0.6) is 0 Å². The summed E-state index contributed by atoms with van der Waals surface area (Å²) in [5.41, 5.74) is -1.05. The summed E-state index contributed by atoms with van der Waals surface area (Å²) in [6.45, 7) is 1.79. The number of amides is 2. The number of likely N-dealkylation sites (tertiary alicyclic amines) is 1. The summed E-state index contributed by atoms with van der Waals surface area (Å²) in [4.78, 5) is 25.3. The number of nitrogens with zero attached hydrogens (tertiary/aromatic N) is 1. The third-order valence-electron chi connectivity index (χ3n) is 3.95. The van der Waals surface area contributed by atoms with E-state index >= 15 is 0 Å². The fraction of sp³-hybridized carbons (Fsp3) is 0.833. The number of rotatable bonds is 3. The van der Waals surface area contributed by atoms with E-state index in [1.54, 1.807) is 0 Å². The predicted octanol–water partition coefficient (Wildman–Crippen LogP) is 0.387. The molecule has 0 aromatic carbocycles. The first-order valence-corrected chi connectivity index (χ1v) is 6.52. The van der Waals surface area contributed by atoms with Crippen LogP contribution in [0.4, 0.5) is 4.79 Å². The molecule has 6 heteroatoms. The molecule has 0 aromatic heterocycles. The largest absolute Gasteiger partial charge is 0.480 e.